The largest absolute Gasteiger partial charge is 0.419 e. The Labute approximate surface area is 358 Å². The molecule has 0 radical (unpaired) electrons. The number of benzene rings is 1. The van der Waals surface area contributed by atoms with Crippen molar-refractivity contribution < 1.29 is 45.5 Å². The number of aromatic nitrogens is 3. The van der Waals surface area contributed by atoms with Gasteiger partial charge in [0.2, 0.25) is 17.7 Å². The lowest BCUT2D eigenvalue weighted by Crippen LogP contribution is -2.60. The van der Waals surface area contributed by atoms with Crippen LogP contribution < -0.4 is 15.5 Å². The van der Waals surface area contributed by atoms with Crippen LogP contribution in [0.25, 0.3) is 10.9 Å². The van der Waals surface area contributed by atoms with Crippen LogP contribution in [0.1, 0.15) is 88.1 Å². The number of piperidine rings is 1. The number of halogens is 6. The van der Waals surface area contributed by atoms with E-state index in [0.29, 0.717) is 54.6 Å². The van der Waals surface area contributed by atoms with Gasteiger partial charge in [-0.3, -0.25) is 39.0 Å². The first-order valence-electron chi connectivity index (χ1n) is 20.5. The number of thiocarbonyl (C=S) groups is 1. The first kappa shape index (κ1) is 44.8. The molecular weight excluding hydrogens is 843 g/mol. The molecule has 1 aromatic carbocycles. The number of nitrogens with zero attached hydrogens (tertiary/aromatic N) is 8. The van der Waals surface area contributed by atoms with Crippen LogP contribution in [0.15, 0.2) is 30.5 Å². The van der Waals surface area contributed by atoms with Crippen LogP contribution in [-0.2, 0) is 32.4 Å². The highest BCUT2D eigenvalue weighted by molar-refractivity contribution is 7.80. The van der Waals surface area contributed by atoms with Gasteiger partial charge < -0.3 is 15.1 Å². The number of amides is 4. The molecule has 5 heterocycles. The van der Waals surface area contributed by atoms with Crippen molar-refractivity contribution in [3.63, 3.8) is 0 Å². The van der Waals surface area contributed by atoms with Crippen molar-refractivity contribution in [1.29, 1.82) is 5.26 Å². The van der Waals surface area contributed by atoms with Crippen LogP contribution >= 0.6 is 12.2 Å². The number of carbonyl (C=O) groups is 4. The zero-order valence-corrected chi connectivity index (χ0v) is 35.1. The molecule has 3 aromatic rings. The molecule has 1 saturated carbocycles. The fraction of sp³-hybridized carbons (Fsp3) is 0.561. The van der Waals surface area contributed by atoms with E-state index >= 15 is 0 Å². The van der Waals surface area contributed by atoms with Crippen LogP contribution in [0.3, 0.4) is 0 Å². The lowest BCUT2D eigenvalue weighted by Gasteiger charge is -2.42. The van der Waals surface area contributed by atoms with E-state index in [1.807, 2.05) is 0 Å². The monoisotopic (exact) mass is 888 g/mol. The number of nitrogens with one attached hydrogen (secondary N) is 2. The Kier molecular flexibility index (Phi) is 12.4. The van der Waals surface area contributed by atoms with Crippen LogP contribution in [0, 0.1) is 17.2 Å². The van der Waals surface area contributed by atoms with Gasteiger partial charge in [0.05, 0.1) is 46.8 Å². The van der Waals surface area contributed by atoms with Crippen LogP contribution in [0.2, 0.25) is 0 Å². The van der Waals surface area contributed by atoms with Crippen molar-refractivity contribution in [2.24, 2.45) is 13.0 Å². The Morgan fingerprint density at radius 3 is 2.45 bits per heavy atom. The molecule has 4 aliphatic rings. The highest BCUT2D eigenvalue weighted by Gasteiger charge is 2.53. The van der Waals surface area contributed by atoms with Gasteiger partial charge in [0.15, 0.2) is 10.8 Å². The molecule has 7 rings (SSSR count). The minimum Gasteiger partial charge on any atom is -0.331 e. The second-order valence-corrected chi connectivity index (χ2v) is 17.3. The van der Waals surface area contributed by atoms with Gasteiger partial charge >= 0.3 is 12.4 Å². The summed E-state index contributed by atoms with van der Waals surface area (Å²) in [7, 11) is 1.64. The number of para-hydroxylation sites is 1. The molecule has 62 heavy (non-hydrogen) atoms. The number of imide groups is 1. The van der Waals surface area contributed by atoms with Crippen LogP contribution in [0.4, 0.5) is 37.7 Å². The molecule has 1 aliphatic carbocycles. The van der Waals surface area contributed by atoms with Crippen molar-refractivity contribution in [2.45, 2.75) is 101 Å². The SMILES string of the molecule is Cn1nc(C2CCC(=O)NC2=O)c2cccc(NC(=O)CN3CCN(CCC[C@H]4CC[C@H](N5C(=S)N(c6cnc(C#N)c(C(F)(F)F)c6)C(=O)C5(C)C)CC4)CC3C(F)(F)F)c21. The van der Waals surface area contributed by atoms with Crippen molar-refractivity contribution in [3.8, 4) is 6.07 Å². The van der Waals surface area contributed by atoms with Gasteiger partial charge in [-0.05, 0) is 95.6 Å². The molecule has 3 saturated heterocycles. The van der Waals surface area contributed by atoms with Crippen molar-refractivity contribution in [3.05, 3.63) is 47.4 Å². The molecule has 4 amide bonds. The molecule has 4 fully saturated rings. The van der Waals surface area contributed by atoms with Crippen molar-refractivity contribution in [2.75, 3.05) is 42.9 Å². The topological polar surface area (TPSA) is 160 Å². The standard InChI is InChI=1S/C41H46F6N10O4S/c1-39(2)37(61)56(25-18-28(40(42,43)44)30(19-48)49-20-25)38(62)57(39)24-11-9-23(10-12-24)6-5-15-54-16-17-55(31(21-54)41(45,46)47)22-33(59)50-29-8-4-7-26-34(52-53(3)35(26)29)27-13-14-32(58)51-36(27)60/h4,7-8,18,20,23-24,27,31H,5-6,9-17,21-22H2,1-3H3,(H,50,59)(H,51,58,60)/t23-,24-,27?,31?. The van der Waals surface area contributed by atoms with E-state index in [-0.39, 0.29) is 54.6 Å². The van der Waals surface area contributed by atoms with Gasteiger partial charge in [-0.2, -0.15) is 36.7 Å². The third-order valence-electron chi connectivity index (χ3n) is 12.6. The average Bonchev–Trinajstić information content (AvgIpc) is 3.63. The van der Waals surface area contributed by atoms with Crippen LogP contribution in [-0.4, -0.2) is 115 Å². The van der Waals surface area contributed by atoms with Gasteiger partial charge in [0.25, 0.3) is 5.91 Å². The number of piperazine rings is 1. The number of rotatable bonds is 10. The maximum absolute atomic E-state index is 14.5. The molecule has 0 bridgehead atoms. The van der Waals surface area contributed by atoms with E-state index in [0.717, 1.165) is 41.3 Å². The van der Waals surface area contributed by atoms with E-state index in [4.69, 9.17) is 17.5 Å². The van der Waals surface area contributed by atoms with E-state index in [2.05, 4.69) is 20.7 Å². The molecule has 2 aromatic heterocycles. The number of alkyl halides is 6. The Bertz CT molecular complexity index is 2320. The zero-order chi connectivity index (χ0) is 44.9. The van der Waals surface area contributed by atoms with E-state index in [9.17, 15) is 45.5 Å². The molecular formula is C41H46F6N10O4S. The molecule has 14 nitrogen and oxygen atoms in total. The summed E-state index contributed by atoms with van der Waals surface area (Å²) in [4.78, 5) is 60.6. The fourth-order valence-electron chi connectivity index (χ4n) is 9.46. The maximum Gasteiger partial charge on any atom is 0.419 e. The minimum atomic E-state index is -4.87. The average molecular weight is 889 g/mol. The first-order valence-corrected chi connectivity index (χ1v) is 20.9. The minimum absolute atomic E-state index is 0.0234. The fourth-order valence-corrected chi connectivity index (χ4v) is 10.0. The molecule has 2 N–H and O–H groups in total. The predicted molar refractivity (Wildman–Crippen MR) is 217 cm³/mol. The normalized spacial score (nSPS) is 24.1. The number of hydrogen-bond acceptors (Lipinski definition) is 10. The van der Waals surface area contributed by atoms with Gasteiger partial charge in [0, 0.05) is 44.5 Å². The van der Waals surface area contributed by atoms with Gasteiger partial charge in [-0.1, -0.05) is 12.1 Å². The lowest BCUT2D eigenvalue weighted by atomic mass is 9.82. The maximum atomic E-state index is 14.5. The smallest absolute Gasteiger partial charge is 0.331 e. The number of nitriles is 1. The summed E-state index contributed by atoms with van der Waals surface area (Å²) >= 11 is 5.69. The van der Waals surface area contributed by atoms with Crippen molar-refractivity contribution >= 4 is 63.2 Å². The number of pyridine rings is 1. The van der Waals surface area contributed by atoms with Gasteiger partial charge in [-0.15, -0.1) is 0 Å². The Morgan fingerprint density at radius 2 is 1.79 bits per heavy atom. The predicted octanol–water partition coefficient (Wildman–Crippen LogP) is 5.62. The molecule has 3 aliphatic heterocycles. The Morgan fingerprint density at radius 1 is 1.06 bits per heavy atom. The molecule has 21 heteroatoms. The summed E-state index contributed by atoms with van der Waals surface area (Å²) in [5.41, 5.74) is -2.11. The molecule has 2 atom stereocenters. The highest BCUT2D eigenvalue weighted by atomic mass is 32.1. The summed E-state index contributed by atoms with van der Waals surface area (Å²) in [6.07, 6.45) is -3.71. The quantitative estimate of drug-likeness (QED) is 0.148. The van der Waals surface area contributed by atoms with Crippen LogP contribution in [0.5, 0.6) is 0 Å². The van der Waals surface area contributed by atoms with E-state index < -0.39 is 65.4 Å². The summed E-state index contributed by atoms with van der Waals surface area (Å²) < 4.78 is 86.1. The number of hydrogen-bond donors (Lipinski definition) is 2. The second kappa shape index (κ2) is 17.2. The summed E-state index contributed by atoms with van der Waals surface area (Å²) in [6, 6.07) is 5.15. The molecule has 0 spiro atoms. The summed E-state index contributed by atoms with van der Waals surface area (Å²) in [5.74, 6) is -2.35. The number of fused-ring (bicyclic) bond motifs is 1. The second-order valence-electron chi connectivity index (χ2n) is 17.0. The number of carbonyl (C=O) groups excluding carboxylic acids is 4. The highest BCUT2D eigenvalue weighted by Crippen LogP contribution is 2.42. The molecule has 332 valence electrons. The summed E-state index contributed by atoms with van der Waals surface area (Å²) in [5, 5.41) is 19.4. The summed E-state index contributed by atoms with van der Waals surface area (Å²) in [6.45, 7) is 3.35. The molecule has 2 unspecified atom stereocenters. The van der Waals surface area contributed by atoms with E-state index in [1.54, 1.807) is 48.9 Å². The Hall–Kier alpha value is -5.20. The van der Waals surface area contributed by atoms with Gasteiger partial charge in [0.1, 0.15) is 17.6 Å². The third-order valence-corrected chi connectivity index (χ3v) is 13.0. The number of aryl methyl sites for hydroxylation is 1. The van der Waals surface area contributed by atoms with Crippen molar-refractivity contribution in [1.82, 2.24) is 34.8 Å². The number of anilines is 2. The zero-order valence-electron chi connectivity index (χ0n) is 34.3. The lowest BCUT2D eigenvalue weighted by molar-refractivity contribution is -0.197. The Balaban J connectivity index is 0.910. The first-order chi connectivity index (χ1) is 29.2. The van der Waals surface area contributed by atoms with Gasteiger partial charge in [-0.25, -0.2) is 4.98 Å². The third kappa shape index (κ3) is 8.86. The van der Waals surface area contributed by atoms with E-state index in [1.165, 1.54) is 10.8 Å².